The van der Waals surface area contributed by atoms with Crippen LogP contribution in [0.3, 0.4) is 0 Å². The van der Waals surface area contributed by atoms with Crippen molar-refractivity contribution in [3.05, 3.63) is 34.2 Å². The molecular formula is C10H14N2O4. The van der Waals surface area contributed by atoms with Gasteiger partial charge in [0.25, 0.3) is 11.5 Å². The predicted molar refractivity (Wildman–Crippen MR) is 57.3 cm³/mol. The number of aliphatic hydroxyl groups is 1. The van der Waals surface area contributed by atoms with Gasteiger partial charge in [0.2, 0.25) is 0 Å². The zero-order chi connectivity index (χ0) is 12.0. The SMILES string of the molecule is COCC(CO)NC(=O)c1ccc[nH]c1=O. The summed E-state index contributed by atoms with van der Waals surface area (Å²) in [4.78, 5) is 25.3. The van der Waals surface area contributed by atoms with Gasteiger partial charge in [0.1, 0.15) is 5.56 Å². The number of amides is 1. The minimum atomic E-state index is -0.530. The summed E-state index contributed by atoms with van der Waals surface area (Å²) in [5, 5.41) is 11.4. The zero-order valence-electron chi connectivity index (χ0n) is 8.90. The van der Waals surface area contributed by atoms with E-state index in [1.54, 1.807) is 6.07 Å². The van der Waals surface area contributed by atoms with E-state index in [2.05, 4.69) is 10.3 Å². The lowest BCUT2D eigenvalue weighted by atomic mass is 10.2. The van der Waals surface area contributed by atoms with Crippen molar-refractivity contribution < 1.29 is 14.6 Å². The van der Waals surface area contributed by atoms with Crippen LogP contribution in [0.25, 0.3) is 0 Å². The highest BCUT2D eigenvalue weighted by atomic mass is 16.5. The number of hydrogen-bond donors (Lipinski definition) is 3. The van der Waals surface area contributed by atoms with Gasteiger partial charge in [-0.1, -0.05) is 0 Å². The number of methoxy groups -OCH3 is 1. The molecule has 1 rings (SSSR count). The second kappa shape index (κ2) is 6.04. The van der Waals surface area contributed by atoms with Gasteiger partial charge in [0, 0.05) is 13.3 Å². The number of carbonyl (C=O) groups excluding carboxylic acids is 1. The van der Waals surface area contributed by atoms with E-state index in [1.165, 1.54) is 19.4 Å². The van der Waals surface area contributed by atoms with Gasteiger partial charge in [-0.25, -0.2) is 0 Å². The number of ether oxygens (including phenoxy) is 1. The Morgan fingerprint density at radius 1 is 1.69 bits per heavy atom. The Morgan fingerprint density at radius 2 is 2.44 bits per heavy atom. The molecule has 0 aliphatic carbocycles. The largest absolute Gasteiger partial charge is 0.394 e. The van der Waals surface area contributed by atoms with E-state index in [-0.39, 0.29) is 18.8 Å². The molecule has 0 saturated heterocycles. The van der Waals surface area contributed by atoms with E-state index < -0.39 is 17.5 Å². The fourth-order valence-corrected chi connectivity index (χ4v) is 1.20. The summed E-state index contributed by atoms with van der Waals surface area (Å²) >= 11 is 0. The third kappa shape index (κ3) is 3.18. The van der Waals surface area contributed by atoms with E-state index in [9.17, 15) is 9.59 Å². The molecule has 0 aliphatic heterocycles. The summed E-state index contributed by atoms with van der Waals surface area (Å²) < 4.78 is 4.80. The van der Waals surface area contributed by atoms with Crippen molar-refractivity contribution >= 4 is 5.91 Å². The highest BCUT2D eigenvalue weighted by Crippen LogP contribution is 1.92. The number of aliphatic hydroxyl groups excluding tert-OH is 1. The average molecular weight is 226 g/mol. The topological polar surface area (TPSA) is 91.4 Å². The van der Waals surface area contributed by atoms with E-state index in [0.29, 0.717) is 0 Å². The smallest absolute Gasteiger partial charge is 0.260 e. The number of aromatic amines is 1. The van der Waals surface area contributed by atoms with Gasteiger partial charge in [0.15, 0.2) is 0 Å². The summed E-state index contributed by atoms with van der Waals surface area (Å²) in [7, 11) is 1.46. The van der Waals surface area contributed by atoms with Crippen LogP contribution in [0.5, 0.6) is 0 Å². The first-order valence-corrected chi connectivity index (χ1v) is 4.77. The number of carbonyl (C=O) groups is 1. The molecule has 16 heavy (non-hydrogen) atoms. The molecule has 1 aromatic rings. The maximum absolute atomic E-state index is 11.6. The lowest BCUT2D eigenvalue weighted by Crippen LogP contribution is -2.42. The van der Waals surface area contributed by atoms with Crippen molar-refractivity contribution in [2.24, 2.45) is 0 Å². The molecular weight excluding hydrogens is 212 g/mol. The van der Waals surface area contributed by atoms with Crippen molar-refractivity contribution in [1.29, 1.82) is 0 Å². The van der Waals surface area contributed by atoms with Gasteiger partial charge < -0.3 is 20.1 Å². The molecule has 3 N–H and O–H groups in total. The molecule has 1 atom stereocenters. The second-order valence-corrected chi connectivity index (χ2v) is 3.22. The zero-order valence-corrected chi connectivity index (χ0v) is 8.90. The first kappa shape index (κ1) is 12.4. The maximum Gasteiger partial charge on any atom is 0.260 e. The van der Waals surface area contributed by atoms with Crippen LogP contribution in [-0.4, -0.2) is 42.4 Å². The number of aromatic nitrogens is 1. The predicted octanol–water partition coefficient (Wildman–Crippen LogP) is -0.888. The minimum absolute atomic E-state index is 0.0112. The molecule has 1 heterocycles. The van der Waals surface area contributed by atoms with Crippen LogP contribution < -0.4 is 10.9 Å². The van der Waals surface area contributed by atoms with Crippen molar-refractivity contribution in [3.8, 4) is 0 Å². The maximum atomic E-state index is 11.6. The Morgan fingerprint density at radius 3 is 3.00 bits per heavy atom. The Bertz CT molecular complexity index is 402. The van der Waals surface area contributed by atoms with E-state index >= 15 is 0 Å². The van der Waals surface area contributed by atoms with Crippen molar-refractivity contribution in [2.45, 2.75) is 6.04 Å². The number of H-pyrrole nitrogens is 1. The molecule has 0 radical (unpaired) electrons. The van der Waals surface area contributed by atoms with Gasteiger partial charge >= 0.3 is 0 Å². The molecule has 0 spiro atoms. The van der Waals surface area contributed by atoms with Crippen LogP contribution in [0.4, 0.5) is 0 Å². The lowest BCUT2D eigenvalue weighted by molar-refractivity contribution is 0.0838. The summed E-state index contributed by atoms with van der Waals surface area (Å²) in [6.45, 7) is -0.0582. The quantitative estimate of drug-likeness (QED) is 0.607. The average Bonchev–Trinajstić information content (AvgIpc) is 2.28. The fraction of sp³-hybridized carbons (Fsp3) is 0.400. The van der Waals surface area contributed by atoms with Gasteiger partial charge in [-0.2, -0.15) is 0 Å². The van der Waals surface area contributed by atoms with Crippen LogP contribution >= 0.6 is 0 Å². The monoisotopic (exact) mass is 226 g/mol. The van der Waals surface area contributed by atoms with Crippen LogP contribution in [0.15, 0.2) is 23.1 Å². The molecule has 0 bridgehead atoms. The summed E-state index contributed by atoms with van der Waals surface area (Å²) in [6, 6.07) is 2.45. The van der Waals surface area contributed by atoms with Crippen LogP contribution in [0.1, 0.15) is 10.4 Å². The van der Waals surface area contributed by atoms with Crippen LogP contribution in [0.2, 0.25) is 0 Å². The van der Waals surface area contributed by atoms with Crippen LogP contribution in [0, 0.1) is 0 Å². The number of nitrogens with one attached hydrogen (secondary N) is 2. The van der Waals surface area contributed by atoms with Gasteiger partial charge in [-0.05, 0) is 12.1 Å². The molecule has 0 aliphatic rings. The summed E-state index contributed by atoms with van der Waals surface area (Å²) in [6.07, 6.45) is 1.44. The van der Waals surface area contributed by atoms with Gasteiger partial charge in [-0.3, -0.25) is 9.59 Å². The number of rotatable bonds is 5. The molecule has 1 amide bonds. The molecule has 6 heteroatoms. The van der Waals surface area contributed by atoms with Crippen LogP contribution in [-0.2, 0) is 4.74 Å². The van der Waals surface area contributed by atoms with E-state index in [4.69, 9.17) is 9.84 Å². The molecule has 0 fully saturated rings. The lowest BCUT2D eigenvalue weighted by Gasteiger charge is -2.14. The minimum Gasteiger partial charge on any atom is -0.394 e. The summed E-state index contributed by atoms with van der Waals surface area (Å²) in [5.74, 6) is -0.530. The first-order valence-electron chi connectivity index (χ1n) is 4.77. The highest BCUT2D eigenvalue weighted by molar-refractivity contribution is 5.93. The third-order valence-electron chi connectivity index (χ3n) is 1.99. The van der Waals surface area contributed by atoms with Gasteiger partial charge in [0.05, 0.1) is 19.3 Å². The molecule has 6 nitrogen and oxygen atoms in total. The highest BCUT2D eigenvalue weighted by Gasteiger charge is 2.14. The summed E-state index contributed by atoms with van der Waals surface area (Å²) in [5.41, 5.74) is -0.453. The Kier molecular flexibility index (Phi) is 4.68. The first-order chi connectivity index (χ1) is 7.69. The Balaban J connectivity index is 2.72. The van der Waals surface area contributed by atoms with Gasteiger partial charge in [-0.15, -0.1) is 0 Å². The fourth-order valence-electron chi connectivity index (χ4n) is 1.20. The molecule has 1 aromatic heterocycles. The standard InChI is InChI=1S/C10H14N2O4/c1-16-6-7(5-13)12-10(15)8-3-2-4-11-9(8)14/h2-4,7,13H,5-6H2,1H3,(H,11,14)(H,12,15). The molecule has 88 valence electrons. The Hall–Kier alpha value is -1.66. The molecule has 0 aromatic carbocycles. The van der Waals surface area contributed by atoms with E-state index in [0.717, 1.165) is 0 Å². The second-order valence-electron chi connectivity index (χ2n) is 3.22. The van der Waals surface area contributed by atoms with E-state index in [1.807, 2.05) is 0 Å². The number of hydrogen-bond acceptors (Lipinski definition) is 4. The number of pyridine rings is 1. The molecule has 1 unspecified atom stereocenters. The van der Waals surface area contributed by atoms with Crippen molar-refractivity contribution in [2.75, 3.05) is 20.3 Å². The third-order valence-corrected chi connectivity index (χ3v) is 1.99. The van der Waals surface area contributed by atoms with Crippen molar-refractivity contribution in [1.82, 2.24) is 10.3 Å². The normalized spacial score (nSPS) is 12.1. The van der Waals surface area contributed by atoms with Crippen molar-refractivity contribution in [3.63, 3.8) is 0 Å². The Labute approximate surface area is 92.3 Å². The molecule has 0 saturated carbocycles.